The number of aromatic nitrogens is 1. The van der Waals surface area contributed by atoms with E-state index in [1.54, 1.807) is 0 Å². The zero-order valence-electron chi connectivity index (χ0n) is 11.7. The number of hydrogen-bond acceptors (Lipinski definition) is 3. The average molecular weight is 247 g/mol. The summed E-state index contributed by atoms with van der Waals surface area (Å²) in [5.74, 6) is 2.00. The third-order valence-electron chi connectivity index (χ3n) is 3.77. The summed E-state index contributed by atoms with van der Waals surface area (Å²) in [4.78, 5) is 7.22. The molecule has 0 amide bonds. The van der Waals surface area contributed by atoms with Crippen molar-refractivity contribution in [2.45, 2.75) is 39.7 Å². The van der Waals surface area contributed by atoms with Crippen LogP contribution in [-0.4, -0.2) is 24.6 Å². The van der Waals surface area contributed by atoms with Gasteiger partial charge >= 0.3 is 0 Å². The van der Waals surface area contributed by atoms with Gasteiger partial charge in [-0.15, -0.1) is 0 Å². The molecule has 1 unspecified atom stereocenters. The maximum absolute atomic E-state index is 4.77. The summed E-state index contributed by atoms with van der Waals surface area (Å²) in [6, 6.07) is 6.38. The van der Waals surface area contributed by atoms with Crippen LogP contribution < -0.4 is 10.2 Å². The van der Waals surface area contributed by atoms with E-state index in [0.29, 0.717) is 0 Å². The molecule has 3 heteroatoms. The molecule has 1 saturated heterocycles. The Hall–Kier alpha value is -1.09. The lowest BCUT2D eigenvalue weighted by atomic mass is 9.96. The van der Waals surface area contributed by atoms with Crippen molar-refractivity contribution in [1.82, 2.24) is 10.3 Å². The quantitative estimate of drug-likeness (QED) is 0.867. The van der Waals surface area contributed by atoms with Crippen LogP contribution in [0.1, 0.15) is 38.8 Å². The minimum Gasteiger partial charge on any atom is -0.356 e. The summed E-state index contributed by atoms with van der Waals surface area (Å²) in [5.41, 5.74) is 1.15. The standard InChI is InChI=1S/C15H25N3/c1-3-13-7-6-10-18(12-13)15-9-5-8-14(17-15)11-16-4-2/h5,8-9,13,16H,3-4,6-7,10-12H2,1-2H3. The molecule has 0 aliphatic carbocycles. The largest absolute Gasteiger partial charge is 0.356 e. The zero-order chi connectivity index (χ0) is 12.8. The Morgan fingerprint density at radius 3 is 3.06 bits per heavy atom. The molecule has 2 heterocycles. The molecule has 1 aromatic rings. The molecule has 18 heavy (non-hydrogen) atoms. The first-order chi connectivity index (χ1) is 8.83. The summed E-state index contributed by atoms with van der Waals surface area (Å²) in [6.45, 7) is 8.62. The first-order valence-corrected chi connectivity index (χ1v) is 7.25. The van der Waals surface area contributed by atoms with Gasteiger partial charge in [0.05, 0.1) is 5.69 Å². The van der Waals surface area contributed by atoms with Gasteiger partial charge in [-0.1, -0.05) is 26.3 Å². The Labute approximate surface area is 111 Å². The van der Waals surface area contributed by atoms with Crippen LogP contribution in [0.15, 0.2) is 18.2 Å². The van der Waals surface area contributed by atoms with Gasteiger partial charge in [0.15, 0.2) is 0 Å². The van der Waals surface area contributed by atoms with E-state index in [4.69, 9.17) is 4.98 Å². The predicted octanol–water partition coefficient (Wildman–Crippen LogP) is 2.82. The predicted molar refractivity (Wildman–Crippen MR) is 76.8 cm³/mol. The minimum atomic E-state index is 0.845. The van der Waals surface area contributed by atoms with Gasteiger partial charge in [0, 0.05) is 19.6 Å². The maximum atomic E-state index is 4.77. The zero-order valence-corrected chi connectivity index (χ0v) is 11.7. The molecule has 3 nitrogen and oxygen atoms in total. The lowest BCUT2D eigenvalue weighted by molar-refractivity contribution is 0.403. The van der Waals surface area contributed by atoms with E-state index in [1.165, 1.54) is 25.8 Å². The second-order valence-electron chi connectivity index (χ2n) is 5.13. The molecule has 1 aliphatic heterocycles. The van der Waals surface area contributed by atoms with Crippen molar-refractivity contribution in [2.75, 3.05) is 24.5 Å². The molecule has 1 fully saturated rings. The number of nitrogens with one attached hydrogen (secondary N) is 1. The van der Waals surface area contributed by atoms with Crippen molar-refractivity contribution >= 4 is 5.82 Å². The van der Waals surface area contributed by atoms with Crippen molar-refractivity contribution in [2.24, 2.45) is 5.92 Å². The Morgan fingerprint density at radius 1 is 1.39 bits per heavy atom. The first kappa shape index (κ1) is 13.3. The highest BCUT2D eigenvalue weighted by Gasteiger charge is 2.19. The number of hydrogen-bond donors (Lipinski definition) is 1. The van der Waals surface area contributed by atoms with Gasteiger partial charge < -0.3 is 10.2 Å². The van der Waals surface area contributed by atoms with Gasteiger partial charge in [-0.2, -0.15) is 0 Å². The number of pyridine rings is 1. The van der Waals surface area contributed by atoms with Gasteiger partial charge in [-0.3, -0.25) is 0 Å². The Balaban J connectivity index is 2.02. The molecule has 1 atom stereocenters. The molecule has 0 spiro atoms. The fraction of sp³-hybridized carbons (Fsp3) is 0.667. The molecule has 1 aromatic heterocycles. The molecule has 0 radical (unpaired) electrons. The van der Waals surface area contributed by atoms with Gasteiger partial charge in [0.2, 0.25) is 0 Å². The monoisotopic (exact) mass is 247 g/mol. The molecule has 0 aromatic carbocycles. The molecule has 2 rings (SSSR count). The Kier molecular flexibility index (Phi) is 5.00. The SMILES string of the molecule is CCNCc1cccc(N2CCCC(CC)C2)n1. The Bertz CT molecular complexity index is 365. The fourth-order valence-electron chi connectivity index (χ4n) is 2.60. The van der Waals surface area contributed by atoms with E-state index in [0.717, 1.165) is 37.1 Å². The summed E-state index contributed by atoms with van der Waals surface area (Å²) in [7, 11) is 0. The van der Waals surface area contributed by atoms with Crippen molar-refractivity contribution in [3.05, 3.63) is 23.9 Å². The summed E-state index contributed by atoms with van der Waals surface area (Å²) in [5, 5.41) is 3.33. The van der Waals surface area contributed by atoms with Crippen LogP contribution in [0.5, 0.6) is 0 Å². The van der Waals surface area contributed by atoms with Crippen molar-refractivity contribution in [3.8, 4) is 0 Å². The van der Waals surface area contributed by atoms with Crippen LogP contribution in [0, 0.1) is 5.92 Å². The van der Waals surface area contributed by atoms with Crippen LogP contribution >= 0.6 is 0 Å². The van der Waals surface area contributed by atoms with E-state index in [1.807, 2.05) is 0 Å². The molecular weight excluding hydrogens is 222 g/mol. The molecule has 0 bridgehead atoms. The topological polar surface area (TPSA) is 28.2 Å². The second kappa shape index (κ2) is 6.74. The first-order valence-electron chi connectivity index (χ1n) is 7.25. The highest BCUT2D eigenvalue weighted by atomic mass is 15.2. The Morgan fingerprint density at radius 2 is 2.28 bits per heavy atom. The van der Waals surface area contributed by atoms with E-state index in [2.05, 4.69) is 42.3 Å². The van der Waals surface area contributed by atoms with Crippen LogP contribution in [0.4, 0.5) is 5.82 Å². The highest BCUT2D eigenvalue weighted by molar-refractivity contribution is 5.39. The molecular formula is C15H25N3. The van der Waals surface area contributed by atoms with Crippen LogP contribution in [0.25, 0.3) is 0 Å². The normalized spacial score (nSPS) is 20.1. The third-order valence-corrected chi connectivity index (χ3v) is 3.77. The smallest absolute Gasteiger partial charge is 0.128 e. The van der Waals surface area contributed by atoms with E-state index in [9.17, 15) is 0 Å². The third kappa shape index (κ3) is 3.45. The molecule has 0 saturated carbocycles. The minimum absolute atomic E-state index is 0.845. The molecule has 100 valence electrons. The number of piperidine rings is 1. The number of rotatable bonds is 5. The summed E-state index contributed by atoms with van der Waals surface area (Å²) >= 11 is 0. The number of nitrogens with zero attached hydrogens (tertiary/aromatic N) is 2. The lowest BCUT2D eigenvalue weighted by Crippen LogP contribution is -2.35. The molecule has 1 N–H and O–H groups in total. The molecule has 1 aliphatic rings. The second-order valence-corrected chi connectivity index (χ2v) is 5.13. The van der Waals surface area contributed by atoms with Crippen LogP contribution in [-0.2, 0) is 6.54 Å². The lowest BCUT2D eigenvalue weighted by Gasteiger charge is -2.33. The fourth-order valence-corrected chi connectivity index (χ4v) is 2.60. The maximum Gasteiger partial charge on any atom is 0.128 e. The van der Waals surface area contributed by atoms with E-state index in [-0.39, 0.29) is 0 Å². The van der Waals surface area contributed by atoms with E-state index >= 15 is 0 Å². The van der Waals surface area contributed by atoms with Crippen molar-refractivity contribution in [3.63, 3.8) is 0 Å². The van der Waals surface area contributed by atoms with Gasteiger partial charge in [0.1, 0.15) is 5.82 Å². The van der Waals surface area contributed by atoms with Gasteiger partial charge in [-0.05, 0) is 37.4 Å². The van der Waals surface area contributed by atoms with Gasteiger partial charge in [-0.25, -0.2) is 4.98 Å². The van der Waals surface area contributed by atoms with Crippen molar-refractivity contribution in [1.29, 1.82) is 0 Å². The van der Waals surface area contributed by atoms with Gasteiger partial charge in [0.25, 0.3) is 0 Å². The summed E-state index contributed by atoms with van der Waals surface area (Å²) in [6.07, 6.45) is 3.97. The summed E-state index contributed by atoms with van der Waals surface area (Å²) < 4.78 is 0. The van der Waals surface area contributed by atoms with Crippen LogP contribution in [0.2, 0.25) is 0 Å². The van der Waals surface area contributed by atoms with E-state index < -0.39 is 0 Å². The number of anilines is 1. The van der Waals surface area contributed by atoms with Crippen molar-refractivity contribution < 1.29 is 0 Å². The average Bonchev–Trinajstić information content (AvgIpc) is 2.45. The highest BCUT2D eigenvalue weighted by Crippen LogP contribution is 2.23. The van der Waals surface area contributed by atoms with Crippen LogP contribution in [0.3, 0.4) is 0 Å².